The van der Waals surface area contributed by atoms with Gasteiger partial charge in [0.1, 0.15) is 11.6 Å². The number of nitrogen functional groups attached to an aromatic ring is 1. The number of ether oxygens (including phenoxy) is 1. The highest BCUT2D eigenvalue weighted by Crippen LogP contribution is 2.28. The minimum Gasteiger partial charge on any atom is -0.496 e. The van der Waals surface area contributed by atoms with Crippen LogP contribution in [-0.2, 0) is 6.54 Å². The van der Waals surface area contributed by atoms with Gasteiger partial charge in [-0.3, -0.25) is 10.1 Å². The van der Waals surface area contributed by atoms with Gasteiger partial charge in [0.2, 0.25) is 5.82 Å². The number of aromatic nitrogens is 1. The van der Waals surface area contributed by atoms with Crippen molar-refractivity contribution in [2.75, 3.05) is 24.8 Å². The zero-order valence-corrected chi connectivity index (χ0v) is 11.8. The molecule has 0 saturated heterocycles. The van der Waals surface area contributed by atoms with Crippen molar-refractivity contribution < 1.29 is 9.66 Å². The molecule has 2 rings (SSSR count). The highest BCUT2D eigenvalue weighted by Gasteiger charge is 2.20. The lowest BCUT2D eigenvalue weighted by Gasteiger charge is -2.19. The third-order valence-electron chi connectivity index (χ3n) is 3.03. The topological polar surface area (TPSA) is 94.5 Å². The fraction of sp³-hybridized carbons (Fsp3) is 0.214. The molecule has 0 bridgehead atoms. The van der Waals surface area contributed by atoms with Crippen LogP contribution >= 0.6 is 0 Å². The minimum atomic E-state index is -0.472. The summed E-state index contributed by atoms with van der Waals surface area (Å²) in [7, 11) is 3.31. The monoisotopic (exact) mass is 288 g/mol. The first-order valence-electron chi connectivity index (χ1n) is 6.27. The minimum absolute atomic E-state index is 0.0819. The Morgan fingerprint density at radius 3 is 2.71 bits per heavy atom. The fourth-order valence-electron chi connectivity index (χ4n) is 2.04. The highest BCUT2D eigenvalue weighted by atomic mass is 16.6. The zero-order valence-electron chi connectivity index (χ0n) is 11.8. The van der Waals surface area contributed by atoms with Crippen molar-refractivity contribution in [3.05, 3.63) is 52.1 Å². The van der Waals surface area contributed by atoms with Crippen LogP contribution < -0.4 is 15.4 Å². The predicted octanol–water partition coefficient (Wildman–Crippen LogP) is 2.22. The molecule has 0 amide bonds. The lowest BCUT2D eigenvalue weighted by Crippen LogP contribution is -2.20. The molecular weight excluding hydrogens is 272 g/mol. The number of hydrogen-bond donors (Lipinski definition) is 1. The Kier molecular flexibility index (Phi) is 4.22. The van der Waals surface area contributed by atoms with Gasteiger partial charge in [0.05, 0.1) is 12.0 Å². The van der Waals surface area contributed by atoms with Crippen molar-refractivity contribution in [1.82, 2.24) is 4.98 Å². The van der Waals surface area contributed by atoms with E-state index >= 15 is 0 Å². The molecule has 110 valence electrons. The van der Waals surface area contributed by atoms with Crippen LogP contribution in [0.15, 0.2) is 36.4 Å². The molecule has 0 spiro atoms. The third-order valence-corrected chi connectivity index (χ3v) is 3.03. The maximum absolute atomic E-state index is 11.1. The van der Waals surface area contributed by atoms with Crippen molar-refractivity contribution >= 4 is 17.3 Å². The molecule has 1 heterocycles. The van der Waals surface area contributed by atoms with E-state index < -0.39 is 4.92 Å². The van der Waals surface area contributed by atoms with E-state index in [1.54, 1.807) is 19.1 Å². The van der Waals surface area contributed by atoms with Gasteiger partial charge in [-0.15, -0.1) is 0 Å². The van der Waals surface area contributed by atoms with Crippen LogP contribution in [0.25, 0.3) is 0 Å². The van der Waals surface area contributed by atoms with Crippen LogP contribution in [0.4, 0.5) is 17.3 Å². The summed E-state index contributed by atoms with van der Waals surface area (Å²) < 4.78 is 5.28. The molecule has 0 aliphatic carbocycles. The normalized spacial score (nSPS) is 10.2. The summed E-state index contributed by atoms with van der Waals surface area (Å²) in [5.41, 5.74) is 6.45. The van der Waals surface area contributed by atoms with Gasteiger partial charge in [0.15, 0.2) is 0 Å². The van der Waals surface area contributed by atoms with Gasteiger partial charge >= 0.3 is 5.69 Å². The standard InChI is InChI=1S/C14H16N4O3/c1-17(9-10-5-3-4-6-12(10)21-2)14-11(18(19)20)7-8-13(15)16-14/h3-8H,9H2,1-2H3,(H2,15,16). The summed E-state index contributed by atoms with van der Waals surface area (Å²) in [6.45, 7) is 0.418. The number of methoxy groups -OCH3 is 1. The Labute approximate surface area is 122 Å². The van der Waals surface area contributed by atoms with E-state index in [2.05, 4.69) is 4.98 Å². The number of pyridine rings is 1. The van der Waals surface area contributed by atoms with E-state index in [4.69, 9.17) is 10.5 Å². The van der Waals surface area contributed by atoms with Gasteiger partial charge in [-0.1, -0.05) is 18.2 Å². The smallest absolute Gasteiger partial charge is 0.311 e. The average Bonchev–Trinajstić information content (AvgIpc) is 2.47. The molecule has 2 N–H and O–H groups in total. The molecule has 0 aliphatic heterocycles. The summed E-state index contributed by atoms with van der Waals surface area (Å²) in [4.78, 5) is 16.4. The van der Waals surface area contributed by atoms with Gasteiger partial charge in [-0.25, -0.2) is 4.98 Å². The number of nitro groups is 1. The third kappa shape index (κ3) is 3.19. The van der Waals surface area contributed by atoms with E-state index in [0.29, 0.717) is 6.54 Å². The molecule has 1 aromatic carbocycles. The Morgan fingerprint density at radius 1 is 1.33 bits per heavy atom. The quantitative estimate of drug-likeness (QED) is 0.669. The molecule has 0 atom stereocenters. The predicted molar refractivity (Wildman–Crippen MR) is 80.4 cm³/mol. The van der Waals surface area contributed by atoms with Crippen molar-refractivity contribution in [3.63, 3.8) is 0 Å². The molecule has 7 heteroatoms. The Bertz CT molecular complexity index is 660. The van der Waals surface area contributed by atoms with Crippen LogP contribution in [0.1, 0.15) is 5.56 Å². The van der Waals surface area contributed by atoms with Crippen molar-refractivity contribution in [3.8, 4) is 5.75 Å². The second-order valence-electron chi connectivity index (χ2n) is 4.50. The molecule has 7 nitrogen and oxygen atoms in total. The summed E-state index contributed by atoms with van der Waals surface area (Å²) in [6, 6.07) is 10.3. The van der Waals surface area contributed by atoms with Crippen LogP contribution in [-0.4, -0.2) is 24.1 Å². The van der Waals surface area contributed by atoms with E-state index in [0.717, 1.165) is 11.3 Å². The van der Waals surface area contributed by atoms with Crippen molar-refractivity contribution in [2.45, 2.75) is 6.54 Å². The van der Waals surface area contributed by atoms with Gasteiger partial charge < -0.3 is 15.4 Å². The van der Waals surface area contributed by atoms with Gasteiger partial charge in [-0.2, -0.15) is 0 Å². The number of nitrogens with two attached hydrogens (primary N) is 1. The number of benzene rings is 1. The van der Waals surface area contributed by atoms with Gasteiger partial charge in [0.25, 0.3) is 0 Å². The molecule has 0 unspecified atom stereocenters. The molecule has 2 aromatic rings. The fourth-order valence-corrected chi connectivity index (χ4v) is 2.04. The molecule has 1 aromatic heterocycles. The van der Waals surface area contributed by atoms with Gasteiger partial charge in [-0.05, 0) is 12.1 Å². The second-order valence-corrected chi connectivity index (χ2v) is 4.50. The van der Waals surface area contributed by atoms with Crippen LogP contribution in [0.3, 0.4) is 0 Å². The molecule has 0 fully saturated rings. The maximum Gasteiger partial charge on any atom is 0.311 e. The van der Waals surface area contributed by atoms with E-state index in [-0.39, 0.29) is 17.3 Å². The number of nitrogens with zero attached hydrogens (tertiary/aromatic N) is 3. The van der Waals surface area contributed by atoms with Gasteiger partial charge in [0, 0.05) is 25.2 Å². The summed E-state index contributed by atoms with van der Waals surface area (Å²) in [5, 5.41) is 11.1. The zero-order chi connectivity index (χ0) is 15.4. The summed E-state index contributed by atoms with van der Waals surface area (Å²) in [5.74, 6) is 1.18. The molecule has 0 saturated carbocycles. The lowest BCUT2D eigenvalue weighted by molar-refractivity contribution is -0.384. The molecule has 21 heavy (non-hydrogen) atoms. The number of anilines is 2. The van der Waals surface area contributed by atoms with E-state index in [1.807, 2.05) is 24.3 Å². The average molecular weight is 288 g/mol. The first kappa shape index (κ1) is 14.6. The SMILES string of the molecule is COc1ccccc1CN(C)c1nc(N)ccc1[N+](=O)[O-]. The Balaban J connectivity index is 2.34. The number of hydrogen-bond acceptors (Lipinski definition) is 6. The Morgan fingerprint density at radius 2 is 2.05 bits per heavy atom. The number of para-hydroxylation sites is 1. The summed E-state index contributed by atoms with van der Waals surface area (Å²) >= 11 is 0. The summed E-state index contributed by atoms with van der Waals surface area (Å²) in [6.07, 6.45) is 0. The molecular formula is C14H16N4O3. The maximum atomic E-state index is 11.1. The molecule has 0 radical (unpaired) electrons. The van der Waals surface area contributed by atoms with Crippen molar-refractivity contribution in [1.29, 1.82) is 0 Å². The highest BCUT2D eigenvalue weighted by molar-refractivity contribution is 5.61. The van der Waals surface area contributed by atoms with Crippen LogP contribution in [0.2, 0.25) is 0 Å². The largest absolute Gasteiger partial charge is 0.496 e. The second kappa shape index (κ2) is 6.08. The number of rotatable bonds is 5. The van der Waals surface area contributed by atoms with Crippen LogP contribution in [0.5, 0.6) is 5.75 Å². The first-order chi connectivity index (χ1) is 10.0. The van der Waals surface area contributed by atoms with E-state index in [1.165, 1.54) is 12.1 Å². The van der Waals surface area contributed by atoms with E-state index in [9.17, 15) is 10.1 Å². The van der Waals surface area contributed by atoms with Crippen molar-refractivity contribution in [2.24, 2.45) is 0 Å². The molecule has 0 aliphatic rings. The van der Waals surface area contributed by atoms with Crippen LogP contribution in [0, 0.1) is 10.1 Å². The Hall–Kier alpha value is -2.83. The lowest BCUT2D eigenvalue weighted by atomic mass is 10.2. The first-order valence-corrected chi connectivity index (χ1v) is 6.27.